The molecule has 10 heteroatoms. The van der Waals surface area contributed by atoms with E-state index in [4.69, 9.17) is 0 Å². The molecule has 0 radical (unpaired) electrons. The fraction of sp³-hybridized carbons (Fsp3) is 0.533. The van der Waals surface area contributed by atoms with Gasteiger partial charge in [-0.15, -0.1) is 0 Å². The number of rotatable bonds is 16. The van der Waals surface area contributed by atoms with Crippen molar-refractivity contribution in [1.82, 2.24) is 14.5 Å². The van der Waals surface area contributed by atoms with E-state index in [1.165, 1.54) is 4.90 Å². The van der Waals surface area contributed by atoms with E-state index in [1.54, 1.807) is 0 Å². The fourth-order valence-corrected chi connectivity index (χ4v) is 5.96. The molecule has 0 saturated heterocycles. The summed E-state index contributed by atoms with van der Waals surface area (Å²) in [5, 5.41) is 24.3. The molecule has 0 aromatic heterocycles. The molecule has 222 valence electrons. The van der Waals surface area contributed by atoms with Crippen LogP contribution in [0, 0.1) is 11.3 Å². The van der Waals surface area contributed by atoms with Crippen LogP contribution in [0.25, 0.3) is 0 Å². The Labute approximate surface area is 239 Å². The van der Waals surface area contributed by atoms with E-state index < -0.39 is 27.3 Å². The molecule has 0 bridgehead atoms. The molecular formula is C30H45N3O6S. The summed E-state index contributed by atoms with van der Waals surface area (Å²) >= 11 is 0. The summed E-state index contributed by atoms with van der Waals surface area (Å²) < 4.78 is 26.7. The Balaban J connectivity index is 2.09. The van der Waals surface area contributed by atoms with Crippen molar-refractivity contribution >= 4 is 22.0 Å². The molecule has 0 aliphatic rings. The summed E-state index contributed by atoms with van der Waals surface area (Å²) in [7, 11) is -3.76. The van der Waals surface area contributed by atoms with Crippen LogP contribution in [0.5, 0.6) is 0 Å². The highest BCUT2D eigenvalue weighted by Crippen LogP contribution is 2.27. The zero-order valence-electron chi connectivity index (χ0n) is 24.3. The van der Waals surface area contributed by atoms with Crippen LogP contribution in [0.3, 0.4) is 0 Å². The molecule has 0 aliphatic carbocycles. The van der Waals surface area contributed by atoms with Gasteiger partial charge in [0.25, 0.3) is 0 Å². The summed E-state index contributed by atoms with van der Waals surface area (Å²) in [4.78, 5) is 26.1. The van der Waals surface area contributed by atoms with Gasteiger partial charge in [-0.2, -0.15) is 4.31 Å². The number of sulfonamides is 1. The number of aliphatic hydroxyl groups is 1. The van der Waals surface area contributed by atoms with E-state index in [-0.39, 0.29) is 57.3 Å². The van der Waals surface area contributed by atoms with Crippen LogP contribution in [-0.2, 0) is 27.8 Å². The lowest BCUT2D eigenvalue weighted by atomic mass is 9.88. The zero-order chi connectivity index (χ0) is 30.0. The minimum Gasteiger partial charge on any atom is -0.465 e. The van der Waals surface area contributed by atoms with E-state index >= 15 is 0 Å². The Morgan fingerprint density at radius 3 is 2.02 bits per heavy atom. The Morgan fingerprint density at radius 2 is 1.52 bits per heavy atom. The van der Waals surface area contributed by atoms with Crippen LogP contribution in [0.2, 0.25) is 0 Å². The van der Waals surface area contributed by atoms with Crippen molar-refractivity contribution < 1.29 is 28.2 Å². The molecule has 40 heavy (non-hydrogen) atoms. The van der Waals surface area contributed by atoms with E-state index in [2.05, 4.69) is 5.32 Å². The summed E-state index contributed by atoms with van der Waals surface area (Å²) in [5.74, 6) is -0.0652. The van der Waals surface area contributed by atoms with Crippen LogP contribution in [0.15, 0.2) is 60.7 Å². The summed E-state index contributed by atoms with van der Waals surface area (Å²) in [6, 6.07) is 18.4. The monoisotopic (exact) mass is 575 g/mol. The molecule has 2 amide bonds. The van der Waals surface area contributed by atoms with E-state index in [0.717, 1.165) is 21.7 Å². The summed E-state index contributed by atoms with van der Waals surface area (Å²) in [6.45, 7) is 8.22. The second kappa shape index (κ2) is 14.6. The highest BCUT2D eigenvalue weighted by atomic mass is 32.2. The maximum absolute atomic E-state index is 12.9. The lowest BCUT2D eigenvalue weighted by Crippen LogP contribution is -2.55. The van der Waals surface area contributed by atoms with E-state index in [1.807, 2.05) is 88.4 Å². The zero-order valence-corrected chi connectivity index (χ0v) is 25.2. The van der Waals surface area contributed by atoms with Crippen LogP contribution in [0.1, 0.15) is 58.1 Å². The topological polar surface area (TPSA) is 127 Å². The SMILES string of the molecule is CC(C)CCN(C(O)(CCNC(=O)CC(C)(C)CN(Cc1ccccc1)C(=O)O)Cc1ccccc1)S(C)(=O)=O. The van der Waals surface area contributed by atoms with Gasteiger partial charge in [0.05, 0.1) is 6.26 Å². The normalized spacial score (nSPS) is 13.7. The molecule has 3 N–H and O–H groups in total. The van der Waals surface area contributed by atoms with Gasteiger partial charge in [0.1, 0.15) is 5.72 Å². The van der Waals surface area contributed by atoms with Gasteiger partial charge in [-0.3, -0.25) is 4.79 Å². The van der Waals surface area contributed by atoms with Gasteiger partial charge >= 0.3 is 6.09 Å². The first-order valence-electron chi connectivity index (χ1n) is 13.6. The van der Waals surface area contributed by atoms with Crippen molar-refractivity contribution in [2.24, 2.45) is 11.3 Å². The molecule has 2 rings (SSSR count). The molecule has 2 aromatic carbocycles. The largest absolute Gasteiger partial charge is 0.465 e. The fourth-order valence-electron chi connectivity index (χ4n) is 4.75. The molecule has 9 nitrogen and oxygen atoms in total. The summed E-state index contributed by atoms with van der Waals surface area (Å²) in [6.07, 6.45) is 0.737. The highest BCUT2D eigenvalue weighted by Gasteiger charge is 2.40. The minimum absolute atomic E-state index is 0.00547. The Kier molecular flexibility index (Phi) is 12.2. The standard InChI is InChI=1S/C30H45N3O6S/c1-24(2)16-19-33(40(5,38)39)30(37,20-25-12-8-6-9-13-25)17-18-31-27(34)21-29(3,4)23-32(28(35)36)22-26-14-10-7-11-15-26/h6-15,24,37H,16-23H2,1-5H3,(H,31,34)(H,35,36). The van der Waals surface area contributed by atoms with Gasteiger partial charge in [0.15, 0.2) is 0 Å². The number of nitrogens with zero attached hydrogens (tertiary/aromatic N) is 2. The van der Waals surface area contributed by atoms with Gasteiger partial charge < -0.3 is 20.4 Å². The first kappa shape index (κ1) is 33.3. The third-order valence-corrected chi connectivity index (χ3v) is 8.02. The number of carboxylic acid groups (broad SMARTS) is 1. The smallest absolute Gasteiger partial charge is 0.407 e. The second-order valence-electron chi connectivity index (χ2n) is 11.7. The Morgan fingerprint density at radius 1 is 0.975 bits per heavy atom. The molecule has 0 fully saturated rings. The number of hydrogen-bond acceptors (Lipinski definition) is 5. The molecule has 1 unspecified atom stereocenters. The first-order chi connectivity index (χ1) is 18.6. The van der Waals surface area contributed by atoms with Gasteiger partial charge in [0, 0.05) is 45.4 Å². The summed E-state index contributed by atoms with van der Waals surface area (Å²) in [5.41, 5.74) is -0.755. The predicted molar refractivity (Wildman–Crippen MR) is 157 cm³/mol. The van der Waals surface area contributed by atoms with Gasteiger partial charge in [-0.1, -0.05) is 88.4 Å². The van der Waals surface area contributed by atoms with Crippen molar-refractivity contribution in [3.8, 4) is 0 Å². The number of amides is 2. The van der Waals surface area contributed by atoms with E-state index in [0.29, 0.717) is 6.42 Å². The molecule has 0 heterocycles. The molecule has 1 atom stereocenters. The molecule has 0 spiro atoms. The van der Waals surface area contributed by atoms with Crippen LogP contribution >= 0.6 is 0 Å². The van der Waals surface area contributed by atoms with Crippen LogP contribution < -0.4 is 5.32 Å². The lowest BCUT2D eigenvalue weighted by Gasteiger charge is -2.39. The average molecular weight is 576 g/mol. The third-order valence-electron chi connectivity index (χ3n) is 6.70. The average Bonchev–Trinajstić information content (AvgIpc) is 2.83. The minimum atomic E-state index is -3.76. The lowest BCUT2D eigenvalue weighted by molar-refractivity contribution is -0.123. The van der Waals surface area contributed by atoms with Gasteiger partial charge in [0.2, 0.25) is 15.9 Å². The number of carbonyl (C=O) groups is 2. The van der Waals surface area contributed by atoms with Crippen molar-refractivity contribution in [3.05, 3.63) is 71.8 Å². The van der Waals surface area contributed by atoms with E-state index in [9.17, 15) is 28.2 Å². The molecule has 0 aliphatic heterocycles. The Bertz CT molecular complexity index is 1190. The van der Waals surface area contributed by atoms with Crippen molar-refractivity contribution in [3.63, 3.8) is 0 Å². The quantitative estimate of drug-likeness (QED) is 0.256. The first-order valence-corrected chi connectivity index (χ1v) is 15.5. The van der Waals surface area contributed by atoms with Gasteiger partial charge in [-0.25, -0.2) is 13.2 Å². The molecule has 0 saturated carbocycles. The van der Waals surface area contributed by atoms with Crippen LogP contribution in [0.4, 0.5) is 4.79 Å². The molecular weight excluding hydrogens is 530 g/mol. The maximum atomic E-state index is 12.9. The molecule has 2 aromatic rings. The van der Waals surface area contributed by atoms with Crippen molar-refractivity contribution in [2.75, 3.05) is 25.9 Å². The number of hydrogen-bond donors (Lipinski definition) is 3. The Hall–Kier alpha value is -2.95. The predicted octanol–water partition coefficient (Wildman–Crippen LogP) is 4.33. The number of nitrogens with one attached hydrogen (secondary N) is 1. The number of carbonyl (C=O) groups excluding carboxylic acids is 1. The number of benzene rings is 2. The van der Waals surface area contributed by atoms with Gasteiger partial charge in [-0.05, 0) is 28.9 Å². The van der Waals surface area contributed by atoms with Crippen LogP contribution in [-0.4, -0.2) is 71.5 Å². The third kappa shape index (κ3) is 11.3. The van der Waals surface area contributed by atoms with Crippen molar-refractivity contribution in [2.45, 2.75) is 65.6 Å². The maximum Gasteiger partial charge on any atom is 0.407 e. The highest BCUT2D eigenvalue weighted by molar-refractivity contribution is 7.88. The second-order valence-corrected chi connectivity index (χ2v) is 13.6. The van der Waals surface area contributed by atoms with Crippen molar-refractivity contribution in [1.29, 1.82) is 0 Å².